The number of ether oxygens (including phenoxy) is 1. The lowest BCUT2D eigenvalue weighted by Gasteiger charge is -2.38. The predicted octanol–water partition coefficient (Wildman–Crippen LogP) is 9.30. The molecule has 0 aromatic heterocycles. The average molecular weight is 585 g/mol. The van der Waals surface area contributed by atoms with Crippen molar-refractivity contribution in [3.63, 3.8) is 0 Å². The number of hydrogen-bond acceptors (Lipinski definition) is 2. The van der Waals surface area contributed by atoms with Crippen LogP contribution in [-0.2, 0) is 18.3 Å². The Labute approximate surface area is 244 Å². The van der Waals surface area contributed by atoms with E-state index in [-0.39, 0.29) is 0 Å². The maximum Gasteiger partial charge on any atom is 0.133 e. The third kappa shape index (κ3) is 3.47. The molecule has 0 saturated carbocycles. The molecule has 5 aromatic carbocycles. The van der Waals surface area contributed by atoms with Crippen LogP contribution in [0.25, 0.3) is 11.1 Å². The van der Waals surface area contributed by atoms with Crippen molar-refractivity contribution in [2.75, 3.05) is 18.0 Å². The summed E-state index contributed by atoms with van der Waals surface area (Å²) in [5.41, 5.74) is 11.5. The molecular weight excluding hydrogens is 554 g/mol. The van der Waals surface area contributed by atoms with Crippen molar-refractivity contribution in [1.82, 2.24) is 0 Å². The van der Waals surface area contributed by atoms with Crippen LogP contribution in [0.5, 0.6) is 11.5 Å². The third-order valence-electron chi connectivity index (χ3n) is 9.10. The average Bonchev–Trinajstić information content (AvgIpc) is 3.31. The number of rotatable bonds is 4. The summed E-state index contributed by atoms with van der Waals surface area (Å²) in [6, 6.07) is 39.7. The fourth-order valence-corrected chi connectivity index (χ4v) is 8.09. The molecule has 0 spiro atoms. The molecule has 40 heavy (non-hydrogen) atoms. The van der Waals surface area contributed by atoms with Gasteiger partial charge < -0.3 is 9.64 Å². The van der Waals surface area contributed by atoms with Crippen molar-refractivity contribution in [2.45, 2.75) is 31.1 Å². The highest BCUT2D eigenvalue weighted by Gasteiger charge is 2.46. The normalized spacial score (nSPS) is 16.2. The van der Waals surface area contributed by atoms with Crippen molar-refractivity contribution in [2.24, 2.45) is 0 Å². The van der Waals surface area contributed by atoms with Crippen molar-refractivity contribution >= 4 is 21.6 Å². The van der Waals surface area contributed by atoms with Crippen LogP contribution in [-0.4, -0.2) is 13.1 Å². The lowest BCUT2D eigenvalue weighted by atomic mass is 9.68. The van der Waals surface area contributed by atoms with Crippen LogP contribution in [0.1, 0.15) is 46.2 Å². The first-order valence-corrected chi connectivity index (χ1v) is 15.2. The first-order valence-electron chi connectivity index (χ1n) is 14.4. The van der Waals surface area contributed by atoms with Crippen LogP contribution in [0.4, 0.5) is 5.69 Å². The number of fused-ring (bicyclic) bond motifs is 3. The molecule has 2 aliphatic heterocycles. The standard InChI is InChI=1S/C37H30BrNO/c38-34-24-35(31-17-10-22-39-21-9-16-30(34)36(31)39)40-27-19-20-29-28-15-7-8-18-32(28)37(33(29)23-27,25-11-3-1-4-12-25)26-13-5-2-6-14-26/h1-8,11-15,18-20,23-24H,9-10,16-17,21-22H2. The molecule has 1 aliphatic carbocycles. The highest BCUT2D eigenvalue weighted by Crippen LogP contribution is 2.57. The van der Waals surface area contributed by atoms with Gasteiger partial charge in [0, 0.05) is 28.8 Å². The molecule has 2 heterocycles. The number of benzene rings is 5. The van der Waals surface area contributed by atoms with E-state index in [1.54, 1.807) is 0 Å². The minimum Gasteiger partial charge on any atom is -0.457 e. The van der Waals surface area contributed by atoms with E-state index in [1.807, 2.05) is 0 Å². The third-order valence-corrected chi connectivity index (χ3v) is 9.81. The van der Waals surface area contributed by atoms with Gasteiger partial charge in [0.2, 0.25) is 0 Å². The zero-order chi connectivity index (χ0) is 26.7. The highest BCUT2D eigenvalue weighted by molar-refractivity contribution is 9.10. The number of nitrogens with zero attached hydrogens (tertiary/aromatic N) is 1. The first-order chi connectivity index (χ1) is 19.7. The Balaban J connectivity index is 1.33. The Morgan fingerprint density at radius 1 is 0.625 bits per heavy atom. The SMILES string of the molecule is Brc1cc(Oc2ccc3c(c2)C(c2ccccc2)(c2ccccc2)c2ccccc2-3)c2c3c1CCCN3CCC2. The molecule has 0 unspecified atom stereocenters. The molecule has 0 fully saturated rings. The number of hydrogen-bond donors (Lipinski definition) is 0. The minimum absolute atomic E-state index is 0.421. The van der Waals surface area contributed by atoms with E-state index in [4.69, 9.17) is 4.74 Å². The molecule has 0 bridgehead atoms. The van der Waals surface area contributed by atoms with Crippen LogP contribution >= 0.6 is 15.9 Å². The summed E-state index contributed by atoms with van der Waals surface area (Å²) in [5, 5.41) is 0. The Bertz CT molecular complexity index is 1700. The molecule has 2 nitrogen and oxygen atoms in total. The summed E-state index contributed by atoms with van der Waals surface area (Å²) in [5.74, 6) is 1.87. The molecule has 0 N–H and O–H groups in total. The zero-order valence-electron chi connectivity index (χ0n) is 22.4. The molecule has 196 valence electrons. The molecule has 8 rings (SSSR count). The van der Waals surface area contributed by atoms with Gasteiger partial charge >= 0.3 is 0 Å². The largest absolute Gasteiger partial charge is 0.457 e. The van der Waals surface area contributed by atoms with E-state index in [2.05, 4.69) is 130 Å². The quantitative estimate of drug-likeness (QED) is 0.205. The van der Waals surface area contributed by atoms with E-state index < -0.39 is 5.41 Å². The lowest BCUT2D eigenvalue weighted by Crippen LogP contribution is -2.34. The maximum atomic E-state index is 6.86. The van der Waals surface area contributed by atoms with Crippen molar-refractivity contribution < 1.29 is 4.74 Å². The lowest BCUT2D eigenvalue weighted by molar-refractivity contribution is 0.469. The molecule has 0 amide bonds. The van der Waals surface area contributed by atoms with Crippen molar-refractivity contribution in [3.05, 3.63) is 147 Å². The smallest absolute Gasteiger partial charge is 0.133 e. The van der Waals surface area contributed by atoms with Gasteiger partial charge in [-0.05, 0) is 82.8 Å². The second kappa shape index (κ2) is 9.38. The summed E-state index contributed by atoms with van der Waals surface area (Å²) in [6.07, 6.45) is 4.59. The molecule has 3 aliphatic rings. The van der Waals surface area contributed by atoms with Crippen LogP contribution in [0, 0.1) is 0 Å². The van der Waals surface area contributed by atoms with E-state index in [0.717, 1.165) is 37.4 Å². The minimum atomic E-state index is -0.421. The van der Waals surface area contributed by atoms with Crippen molar-refractivity contribution in [1.29, 1.82) is 0 Å². The zero-order valence-corrected chi connectivity index (χ0v) is 24.0. The summed E-state index contributed by atoms with van der Waals surface area (Å²) in [4.78, 5) is 2.57. The summed E-state index contributed by atoms with van der Waals surface area (Å²) in [6.45, 7) is 2.29. The predicted molar refractivity (Wildman–Crippen MR) is 167 cm³/mol. The van der Waals surface area contributed by atoms with Gasteiger partial charge in [0.25, 0.3) is 0 Å². The Kier molecular flexibility index (Phi) is 5.63. The van der Waals surface area contributed by atoms with E-state index >= 15 is 0 Å². The summed E-state index contributed by atoms with van der Waals surface area (Å²) in [7, 11) is 0. The van der Waals surface area contributed by atoms with Gasteiger partial charge in [-0.1, -0.05) is 107 Å². The Morgan fingerprint density at radius 2 is 1.25 bits per heavy atom. The second-order valence-corrected chi connectivity index (χ2v) is 12.0. The molecule has 3 heteroatoms. The van der Waals surface area contributed by atoms with Crippen LogP contribution in [0.3, 0.4) is 0 Å². The Morgan fingerprint density at radius 3 is 1.98 bits per heavy atom. The number of halogens is 1. The highest BCUT2D eigenvalue weighted by atomic mass is 79.9. The van der Waals surface area contributed by atoms with Gasteiger partial charge in [0.1, 0.15) is 11.5 Å². The van der Waals surface area contributed by atoms with Gasteiger partial charge in [0.15, 0.2) is 0 Å². The van der Waals surface area contributed by atoms with Gasteiger partial charge in [-0.3, -0.25) is 0 Å². The fraction of sp³-hybridized carbons (Fsp3) is 0.189. The second-order valence-electron chi connectivity index (χ2n) is 11.2. The van der Waals surface area contributed by atoms with Gasteiger partial charge in [-0.25, -0.2) is 0 Å². The van der Waals surface area contributed by atoms with Crippen LogP contribution < -0.4 is 9.64 Å². The summed E-state index contributed by atoms with van der Waals surface area (Å²) >= 11 is 3.90. The monoisotopic (exact) mass is 583 g/mol. The molecule has 0 radical (unpaired) electrons. The van der Waals surface area contributed by atoms with E-state index in [9.17, 15) is 0 Å². The molecule has 0 saturated heterocycles. The van der Waals surface area contributed by atoms with Crippen molar-refractivity contribution in [3.8, 4) is 22.6 Å². The first kappa shape index (κ1) is 24.0. The van der Waals surface area contributed by atoms with E-state index in [1.165, 1.54) is 67.5 Å². The molecule has 5 aromatic rings. The topological polar surface area (TPSA) is 12.5 Å². The maximum absolute atomic E-state index is 6.86. The van der Waals surface area contributed by atoms with Crippen LogP contribution in [0.15, 0.2) is 114 Å². The van der Waals surface area contributed by atoms with Crippen LogP contribution in [0.2, 0.25) is 0 Å². The molecule has 0 atom stereocenters. The van der Waals surface area contributed by atoms with Gasteiger partial charge in [0.05, 0.1) is 5.41 Å². The fourth-order valence-electron chi connectivity index (χ4n) is 7.50. The van der Waals surface area contributed by atoms with Gasteiger partial charge in [-0.2, -0.15) is 0 Å². The Hall–Kier alpha value is -3.82. The molecular formula is C37H30BrNO. The van der Waals surface area contributed by atoms with Gasteiger partial charge in [-0.15, -0.1) is 0 Å². The van der Waals surface area contributed by atoms with E-state index in [0.29, 0.717) is 0 Å². The summed E-state index contributed by atoms with van der Waals surface area (Å²) < 4.78 is 8.03. The number of anilines is 1.